The highest BCUT2D eigenvalue weighted by atomic mass is 16.3. The Hall–Kier alpha value is -3.34. The molecule has 0 aliphatic rings. The van der Waals surface area contributed by atoms with Crippen molar-refractivity contribution in [3.8, 4) is 5.75 Å². The van der Waals surface area contributed by atoms with Crippen LogP contribution in [0.25, 0.3) is 10.9 Å². The summed E-state index contributed by atoms with van der Waals surface area (Å²) in [4.78, 5) is 8.79. The van der Waals surface area contributed by atoms with Crippen LogP contribution in [0.3, 0.4) is 0 Å². The summed E-state index contributed by atoms with van der Waals surface area (Å²) in [5, 5.41) is 15.0. The van der Waals surface area contributed by atoms with E-state index in [9.17, 15) is 5.11 Å². The van der Waals surface area contributed by atoms with Gasteiger partial charge in [-0.25, -0.2) is 4.98 Å². The van der Waals surface area contributed by atoms with Gasteiger partial charge in [-0.15, -0.1) is 0 Å². The zero-order chi connectivity index (χ0) is 17.2. The van der Waals surface area contributed by atoms with Crippen molar-refractivity contribution < 1.29 is 9.52 Å². The Morgan fingerprint density at radius 2 is 1.96 bits per heavy atom. The summed E-state index contributed by atoms with van der Waals surface area (Å²) < 4.78 is 5.60. The molecule has 0 saturated heterocycles. The van der Waals surface area contributed by atoms with Crippen molar-refractivity contribution in [3.63, 3.8) is 0 Å². The molecule has 5 nitrogen and oxygen atoms in total. The van der Waals surface area contributed by atoms with Gasteiger partial charge in [0.25, 0.3) is 0 Å². The average Bonchev–Trinajstić information content (AvgIpc) is 3.15. The number of hydrogen-bond donors (Lipinski definition) is 2. The number of rotatable bonds is 4. The van der Waals surface area contributed by atoms with E-state index < -0.39 is 0 Å². The Bertz CT molecular complexity index is 1010. The van der Waals surface area contributed by atoms with Gasteiger partial charge >= 0.3 is 0 Å². The predicted octanol–water partition coefficient (Wildman–Crippen LogP) is 4.44. The molecular weight excluding hydrogens is 314 g/mol. The standard InChI is InChI=1S/C20H17N3O2/c1-13-5-2-8-17(22-13)23-19(16-7-4-12-25-16)15-10-9-14-6-3-11-21-18(14)20(15)24/h2-12,19,24H,1H3,(H,22,23)/t19-/m1/s1. The van der Waals surface area contributed by atoms with Gasteiger partial charge < -0.3 is 14.8 Å². The number of pyridine rings is 2. The second kappa shape index (κ2) is 6.28. The fourth-order valence-electron chi connectivity index (χ4n) is 2.91. The number of aromatic hydroxyl groups is 1. The van der Waals surface area contributed by atoms with E-state index >= 15 is 0 Å². The lowest BCUT2D eigenvalue weighted by Crippen LogP contribution is -2.13. The second-order valence-electron chi connectivity index (χ2n) is 5.84. The quantitative estimate of drug-likeness (QED) is 0.578. The Labute approximate surface area is 145 Å². The topological polar surface area (TPSA) is 71.2 Å². The molecule has 0 bridgehead atoms. The number of phenolic OH excluding ortho intramolecular Hbond substituents is 1. The molecule has 0 spiro atoms. The number of fused-ring (bicyclic) bond motifs is 1. The molecule has 3 heterocycles. The highest BCUT2D eigenvalue weighted by Crippen LogP contribution is 2.36. The number of hydrogen-bond acceptors (Lipinski definition) is 5. The number of nitrogens with zero attached hydrogens (tertiary/aromatic N) is 2. The summed E-state index contributed by atoms with van der Waals surface area (Å²) in [6, 6.07) is 16.7. The molecule has 0 radical (unpaired) electrons. The molecule has 124 valence electrons. The number of aryl methyl sites for hydroxylation is 1. The molecule has 25 heavy (non-hydrogen) atoms. The Morgan fingerprint density at radius 3 is 2.76 bits per heavy atom. The number of aromatic nitrogens is 2. The van der Waals surface area contributed by atoms with Gasteiger partial charge in [0.1, 0.15) is 28.9 Å². The molecule has 0 unspecified atom stereocenters. The van der Waals surface area contributed by atoms with Crippen molar-refractivity contribution in [1.29, 1.82) is 0 Å². The average molecular weight is 331 g/mol. The molecule has 2 N–H and O–H groups in total. The molecule has 5 heteroatoms. The highest BCUT2D eigenvalue weighted by molar-refractivity contribution is 5.85. The van der Waals surface area contributed by atoms with Crippen molar-refractivity contribution in [1.82, 2.24) is 9.97 Å². The maximum absolute atomic E-state index is 10.8. The SMILES string of the molecule is Cc1cccc(N[C@@H](c2ccco2)c2ccc3cccnc3c2O)n1. The van der Waals surface area contributed by atoms with Crippen molar-refractivity contribution in [2.75, 3.05) is 5.32 Å². The molecule has 3 aromatic heterocycles. The van der Waals surface area contributed by atoms with Crippen molar-refractivity contribution in [2.24, 2.45) is 0 Å². The first-order chi connectivity index (χ1) is 12.2. The summed E-state index contributed by atoms with van der Waals surface area (Å²) in [5.41, 5.74) is 2.16. The third-order valence-corrected chi connectivity index (χ3v) is 4.10. The van der Waals surface area contributed by atoms with Gasteiger partial charge in [0.05, 0.1) is 6.26 Å². The maximum atomic E-state index is 10.8. The highest BCUT2D eigenvalue weighted by Gasteiger charge is 2.22. The van der Waals surface area contributed by atoms with E-state index in [0.717, 1.165) is 11.1 Å². The van der Waals surface area contributed by atoms with Gasteiger partial charge in [-0.1, -0.05) is 24.3 Å². The van der Waals surface area contributed by atoms with E-state index in [1.165, 1.54) is 0 Å². The van der Waals surface area contributed by atoms with E-state index in [2.05, 4.69) is 15.3 Å². The third-order valence-electron chi connectivity index (χ3n) is 4.10. The normalized spacial score (nSPS) is 12.2. The zero-order valence-electron chi connectivity index (χ0n) is 13.7. The summed E-state index contributed by atoms with van der Waals surface area (Å²) in [6.07, 6.45) is 3.29. The molecule has 4 aromatic rings. The second-order valence-corrected chi connectivity index (χ2v) is 5.84. The van der Waals surface area contributed by atoms with Gasteiger partial charge in [-0.05, 0) is 37.3 Å². The summed E-state index contributed by atoms with van der Waals surface area (Å²) >= 11 is 0. The first-order valence-corrected chi connectivity index (χ1v) is 8.02. The minimum atomic E-state index is -0.379. The van der Waals surface area contributed by atoms with E-state index in [-0.39, 0.29) is 11.8 Å². The predicted molar refractivity (Wildman–Crippen MR) is 96.6 cm³/mol. The minimum Gasteiger partial charge on any atom is -0.505 e. The van der Waals surface area contributed by atoms with E-state index in [4.69, 9.17) is 4.42 Å². The number of anilines is 1. The lowest BCUT2D eigenvalue weighted by molar-refractivity contribution is 0.458. The fourth-order valence-corrected chi connectivity index (χ4v) is 2.91. The summed E-state index contributed by atoms with van der Waals surface area (Å²) in [6.45, 7) is 1.94. The minimum absolute atomic E-state index is 0.139. The van der Waals surface area contributed by atoms with Crippen molar-refractivity contribution in [3.05, 3.63) is 84.1 Å². The lowest BCUT2D eigenvalue weighted by atomic mass is 10.0. The van der Waals surface area contributed by atoms with Crippen molar-refractivity contribution in [2.45, 2.75) is 13.0 Å². The van der Waals surface area contributed by atoms with Crippen LogP contribution >= 0.6 is 0 Å². The number of benzene rings is 1. The Morgan fingerprint density at radius 1 is 1.04 bits per heavy atom. The van der Waals surface area contributed by atoms with Crippen LogP contribution in [-0.2, 0) is 0 Å². The third kappa shape index (κ3) is 2.92. The largest absolute Gasteiger partial charge is 0.505 e. The molecule has 1 aromatic carbocycles. The van der Waals surface area contributed by atoms with Crippen LogP contribution in [0, 0.1) is 6.92 Å². The van der Waals surface area contributed by atoms with Crippen LogP contribution in [0.1, 0.15) is 23.1 Å². The smallest absolute Gasteiger partial charge is 0.147 e. The van der Waals surface area contributed by atoms with Crippen molar-refractivity contribution >= 4 is 16.7 Å². The molecule has 0 saturated carbocycles. The maximum Gasteiger partial charge on any atom is 0.147 e. The van der Waals surface area contributed by atoms with Crippen LogP contribution in [0.15, 0.2) is 71.5 Å². The Kier molecular flexibility index (Phi) is 3.82. The van der Waals surface area contributed by atoms with Crippen LogP contribution in [0.4, 0.5) is 5.82 Å². The van der Waals surface area contributed by atoms with Crippen LogP contribution in [-0.4, -0.2) is 15.1 Å². The summed E-state index contributed by atoms with van der Waals surface area (Å²) in [5.74, 6) is 1.54. The van der Waals surface area contributed by atoms with Gasteiger partial charge in [-0.2, -0.15) is 0 Å². The first-order valence-electron chi connectivity index (χ1n) is 8.02. The fraction of sp³-hybridized carbons (Fsp3) is 0.100. The molecule has 0 fully saturated rings. The monoisotopic (exact) mass is 331 g/mol. The van der Waals surface area contributed by atoms with Crippen LogP contribution < -0.4 is 5.32 Å². The van der Waals surface area contributed by atoms with E-state index in [1.54, 1.807) is 12.5 Å². The Balaban J connectivity index is 1.83. The lowest BCUT2D eigenvalue weighted by Gasteiger charge is -2.19. The van der Waals surface area contributed by atoms with E-state index in [1.807, 2.05) is 61.5 Å². The van der Waals surface area contributed by atoms with Crippen LogP contribution in [0.5, 0.6) is 5.75 Å². The van der Waals surface area contributed by atoms with Gasteiger partial charge in [0, 0.05) is 22.8 Å². The van der Waals surface area contributed by atoms with Gasteiger partial charge in [0.15, 0.2) is 0 Å². The number of nitrogens with one attached hydrogen (secondary N) is 1. The van der Waals surface area contributed by atoms with Crippen LogP contribution in [0.2, 0.25) is 0 Å². The van der Waals surface area contributed by atoms with E-state index in [0.29, 0.717) is 22.7 Å². The first kappa shape index (κ1) is 15.2. The molecular formula is C20H17N3O2. The van der Waals surface area contributed by atoms with Gasteiger partial charge in [-0.3, -0.25) is 4.98 Å². The summed E-state index contributed by atoms with van der Waals surface area (Å²) in [7, 11) is 0. The van der Waals surface area contributed by atoms with Gasteiger partial charge in [0.2, 0.25) is 0 Å². The zero-order valence-corrected chi connectivity index (χ0v) is 13.7. The molecule has 4 rings (SSSR count). The molecule has 0 aliphatic carbocycles. The number of furan rings is 1. The molecule has 0 amide bonds. The number of phenols is 1. The molecule has 0 aliphatic heterocycles. The molecule has 1 atom stereocenters.